The van der Waals surface area contributed by atoms with Crippen LogP contribution in [0.5, 0.6) is 0 Å². The maximum atomic E-state index is 12.5. The van der Waals surface area contributed by atoms with Crippen LogP contribution >= 0.6 is 0 Å². The lowest BCUT2D eigenvalue weighted by atomic mass is 10.0. The van der Waals surface area contributed by atoms with Crippen LogP contribution in [0.25, 0.3) is 0 Å². The van der Waals surface area contributed by atoms with E-state index < -0.39 is 0 Å². The van der Waals surface area contributed by atoms with Crippen molar-refractivity contribution in [2.75, 3.05) is 26.7 Å². The summed E-state index contributed by atoms with van der Waals surface area (Å²) in [5, 5.41) is 3.25. The van der Waals surface area contributed by atoms with Crippen LogP contribution in [0.4, 0.5) is 0 Å². The quantitative estimate of drug-likeness (QED) is 0.797. The number of likely N-dealkylation sites (tertiary alicyclic amines) is 1. The van der Waals surface area contributed by atoms with E-state index in [9.17, 15) is 4.79 Å². The number of nitrogens with one attached hydrogen (secondary N) is 1. The van der Waals surface area contributed by atoms with Crippen molar-refractivity contribution in [2.24, 2.45) is 0 Å². The Balaban J connectivity index is 2.62. The van der Waals surface area contributed by atoms with Gasteiger partial charge in [-0.25, -0.2) is 0 Å². The first-order valence-corrected chi connectivity index (χ1v) is 7.67. The number of piperidine rings is 1. The van der Waals surface area contributed by atoms with E-state index in [4.69, 9.17) is 0 Å². The molecule has 0 aromatic rings. The first-order valence-electron chi connectivity index (χ1n) is 7.67. The standard InChI is InChI=1S/C15H31N3O/c1-12(2)18(13(3)4)15(19)11-17-9-7-6-8-14(17)10-16-5/h12-14,16H,6-11H2,1-5H3. The van der Waals surface area contributed by atoms with Crippen molar-refractivity contribution in [3.05, 3.63) is 0 Å². The lowest BCUT2D eigenvalue weighted by Gasteiger charge is -2.38. The highest BCUT2D eigenvalue weighted by Gasteiger charge is 2.27. The molecule has 1 atom stereocenters. The van der Waals surface area contributed by atoms with E-state index >= 15 is 0 Å². The summed E-state index contributed by atoms with van der Waals surface area (Å²) in [7, 11) is 1.99. The molecule has 1 unspecified atom stereocenters. The molecule has 112 valence electrons. The highest BCUT2D eigenvalue weighted by molar-refractivity contribution is 5.78. The Bertz CT molecular complexity index is 269. The average Bonchev–Trinajstić information content (AvgIpc) is 2.30. The molecular weight excluding hydrogens is 238 g/mol. The Morgan fingerprint density at radius 2 is 1.89 bits per heavy atom. The van der Waals surface area contributed by atoms with Crippen LogP contribution in [0, 0.1) is 0 Å². The Hall–Kier alpha value is -0.610. The van der Waals surface area contributed by atoms with Crippen LogP contribution in [0.1, 0.15) is 47.0 Å². The number of likely N-dealkylation sites (N-methyl/N-ethyl adjacent to an activating group) is 1. The van der Waals surface area contributed by atoms with Crippen molar-refractivity contribution < 1.29 is 4.79 Å². The minimum atomic E-state index is 0.271. The summed E-state index contributed by atoms with van der Waals surface area (Å²) in [6.07, 6.45) is 3.71. The highest BCUT2D eigenvalue weighted by atomic mass is 16.2. The van der Waals surface area contributed by atoms with E-state index in [0.29, 0.717) is 12.6 Å². The number of carbonyl (C=O) groups is 1. The van der Waals surface area contributed by atoms with Crippen LogP contribution in [-0.4, -0.2) is 60.5 Å². The maximum absolute atomic E-state index is 12.5. The first kappa shape index (κ1) is 16.4. The molecule has 0 aliphatic carbocycles. The van der Waals surface area contributed by atoms with Gasteiger partial charge < -0.3 is 10.2 Å². The van der Waals surface area contributed by atoms with Gasteiger partial charge in [0.05, 0.1) is 6.54 Å². The maximum Gasteiger partial charge on any atom is 0.237 e. The van der Waals surface area contributed by atoms with Gasteiger partial charge >= 0.3 is 0 Å². The molecule has 1 aliphatic rings. The Kier molecular flexibility index (Phi) is 6.80. The number of hydrogen-bond donors (Lipinski definition) is 1. The summed E-state index contributed by atoms with van der Waals surface area (Å²) in [6, 6.07) is 1.07. The van der Waals surface area contributed by atoms with Gasteiger partial charge in [-0.1, -0.05) is 6.42 Å². The van der Waals surface area contributed by atoms with Gasteiger partial charge in [-0.2, -0.15) is 0 Å². The van der Waals surface area contributed by atoms with Gasteiger partial charge in [0, 0.05) is 24.7 Å². The molecule has 1 N–H and O–H groups in total. The fraction of sp³-hybridized carbons (Fsp3) is 0.933. The molecule has 0 aromatic heterocycles. The topological polar surface area (TPSA) is 35.6 Å². The van der Waals surface area contributed by atoms with Crippen LogP contribution in [-0.2, 0) is 4.79 Å². The second-order valence-electron chi connectivity index (χ2n) is 6.17. The molecule has 1 aliphatic heterocycles. The molecular formula is C15H31N3O. The fourth-order valence-electron chi connectivity index (χ4n) is 3.16. The van der Waals surface area contributed by atoms with Crippen LogP contribution in [0.3, 0.4) is 0 Å². The molecule has 1 heterocycles. The van der Waals surface area contributed by atoms with Crippen molar-refractivity contribution in [1.29, 1.82) is 0 Å². The van der Waals surface area contributed by atoms with Gasteiger partial charge in [0.1, 0.15) is 0 Å². The molecule has 0 radical (unpaired) electrons. The third-order valence-corrected chi connectivity index (χ3v) is 3.93. The van der Waals surface area contributed by atoms with Gasteiger partial charge in [-0.05, 0) is 54.1 Å². The number of nitrogens with zero attached hydrogens (tertiary/aromatic N) is 2. The minimum absolute atomic E-state index is 0.271. The second kappa shape index (κ2) is 7.85. The zero-order valence-corrected chi connectivity index (χ0v) is 13.3. The van der Waals surface area contributed by atoms with E-state index in [1.54, 1.807) is 0 Å². The van der Waals surface area contributed by atoms with E-state index in [1.807, 2.05) is 11.9 Å². The van der Waals surface area contributed by atoms with Gasteiger partial charge in [0.25, 0.3) is 0 Å². The van der Waals surface area contributed by atoms with Crippen molar-refractivity contribution in [1.82, 2.24) is 15.1 Å². The lowest BCUT2D eigenvalue weighted by Crippen LogP contribution is -2.52. The largest absolute Gasteiger partial charge is 0.337 e. The molecule has 4 heteroatoms. The summed E-state index contributed by atoms with van der Waals surface area (Å²) in [6.45, 7) is 11.0. The summed E-state index contributed by atoms with van der Waals surface area (Å²) in [4.78, 5) is 16.9. The van der Waals surface area contributed by atoms with Crippen LogP contribution in [0.15, 0.2) is 0 Å². The Labute approximate surface area is 118 Å². The Morgan fingerprint density at radius 1 is 1.26 bits per heavy atom. The zero-order chi connectivity index (χ0) is 14.4. The van der Waals surface area contributed by atoms with Crippen molar-refractivity contribution in [3.63, 3.8) is 0 Å². The molecule has 4 nitrogen and oxygen atoms in total. The van der Waals surface area contributed by atoms with E-state index in [-0.39, 0.29) is 18.0 Å². The SMILES string of the molecule is CNCC1CCCCN1CC(=O)N(C(C)C)C(C)C. The van der Waals surface area contributed by atoms with E-state index in [1.165, 1.54) is 19.3 Å². The van der Waals surface area contributed by atoms with Crippen LogP contribution in [0.2, 0.25) is 0 Å². The summed E-state index contributed by atoms with van der Waals surface area (Å²) >= 11 is 0. The molecule has 1 amide bonds. The smallest absolute Gasteiger partial charge is 0.237 e. The second-order valence-corrected chi connectivity index (χ2v) is 6.17. The molecule has 1 saturated heterocycles. The molecule has 19 heavy (non-hydrogen) atoms. The molecule has 0 spiro atoms. The van der Waals surface area contributed by atoms with E-state index in [2.05, 4.69) is 37.9 Å². The zero-order valence-electron chi connectivity index (χ0n) is 13.3. The molecule has 1 rings (SSSR count). The first-order chi connectivity index (χ1) is 8.97. The van der Waals surface area contributed by atoms with Gasteiger partial charge in [0.2, 0.25) is 5.91 Å². The summed E-state index contributed by atoms with van der Waals surface area (Å²) < 4.78 is 0. The number of hydrogen-bond acceptors (Lipinski definition) is 3. The average molecular weight is 269 g/mol. The molecule has 0 aromatic carbocycles. The van der Waals surface area contributed by atoms with Crippen molar-refractivity contribution in [2.45, 2.75) is 65.1 Å². The van der Waals surface area contributed by atoms with Crippen LogP contribution < -0.4 is 5.32 Å². The summed E-state index contributed by atoms with van der Waals surface area (Å²) in [5.41, 5.74) is 0. The predicted octanol–water partition coefficient (Wildman–Crippen LogP) is 1.71. The number of amides is 1. The van der Waals surface area contributed by atoms with Gasteiger partial charge in [-0.3, -0.25) is 9.69 Å². The molecule has 1 fully saturated rings. The summed E-state index contributed by atoms with van der Waals surface area (Å²) in [5.74, 6) is 0.271. The third kappa shape index (κ3) is 4.77. The Morgan fingerprint density at radius 3 is 2.42 bits per heavy atom. The van der Waals surface area contributed by atoms with Crippen molar-refractivity contribution in [3.8, 4) is 0 Å². The highest BCUT2D eigenvalue weighted by Crippen LogP contribution is 2.17. The molecule has 0 saturated carbocycles. The lowest BCUT2D eigenvalue weighted by molar-refractivity contribution is -0.137. The number of carbonyl (C=O) groups excluding carboxylic acids is 1. The molecule has 0 bridgehead atoms. The normalized spacial score (nSPS) is 21.1. The fourth-order valence-corrected chi connectivity index (χ4v) is 3.16. The van der Waals surface area contributed by atoms with Crippen molar-refractivity contribution >= 4 is 5.91 Å². The number of rotatable bonds is 6. The minimum Gasteiger partial charge on any atom is -0.337 e. The third-order valence-electron chi connectivity index (χ3n) is 3.93. The monoisotopic (exact) mass is 269 g/mol. The van der Waals surface area contributed by atoms with E-state index in [0.717, 1.165) is 13.1 Å². The van der Waals surface area contributed by atoms with Gasteiger partial charge in [-0.15, -0.1) is 0 Å². The predicted molar refractivity (Wildman–Crippen MR) is 80.3 cm³/mol. The van der Waals surface area contributed by atoms with Gasteiger partial charge in [0.15, 0.2) is 0 Å².